The number of unbranched alkanes of at least 4 members (excludes halogenated alkanes) is 1. The molecule has 1 aliphatic heterocycles. The van der Waals surface area contributed by atoms with Gasteiger partial charge >= 0.3 is 5.97 Å². The number of esters is 1. The zero-order valence-electron chi connectivity index (χ0n) is 13.9. The number of aryl methyl sites for hydroxylation is 1. The molecular formula is C19H21ClO4. The second-order valence-electron chi connectivity index (χ2n) is 6.83. The first kappa shape index (κ1) is 16.0. The summed E-state index contributed by atoms with van der Waals surface area (Å²) in [5, 5.41) is 1.60. The molecule has 1 aromatic heterocycles. The summed E-state index contributed by atoms with van der Waals surface area (Å²) in [7, 11) is 0. The topological polar surface area (TPSA) is 52.0 Å². The van der Waals surface area contributed by atoms with Gasteiger partial charge in [-0.3, -0.25) is 4.79 Å². The van der Waals surface area contributed by atoms with Crippen molar-refractivity contribution in [3.8, 4) is 0 Å². The molecule has 4 atom stereocenters. The molecule has 4 rings (SSSR count). The van der Waals surface area contributed by atoms with E-state index in [2.05, 4.69) is 13.0 Å². The summed E-state index contributed by atoms with van der Waals surface area (Å²) in [5.41, 5.74) is 1.78. The number of rotatable bonds is 6. The van der Waals surface area contributed by atoms with Gasteiger partial charge < -0.3 is 13.9 Å². The summed E-state index contributed by atoms with van der Waals surface area (Å²) in [6.45, 7) is 4.52. The summed E-state index contributed by atoms with van der Waals surface area (Å²) < 4.78 is 16.8. The highest BCUT2D eigenvalue weighted by atomic mass is 35.5. The van der Waals surface area contributed by atoms with Crippen molar-refractivity contribution in [3.63, 3.8) is 0 Å². The van der Waals surface area contributed by atoms with Crippen LogP contribution in [0.15, 0.2) is 22.6 Å². The number of benzene rings is 1. The van der Waals surface area contributed by atoms with Crippen molar-refractivity contribution in [1.82, 2.24) is 0 Å². The number of fused-ring (bicyclic) bond motifs is 1. The predicted octanol–water partition coefficient (Wildman–Crippen LogP) is 4.81. The summed E-state index contributed by atoms with van der Waals surface area (Å²) in [6.07, 6.45) is 2.96. The monoisotopic (exact) mass is 348 g/mol. The van der Waals surface area contributed by atoms with Crippen molar-refractivity contribution in [2.24, 2.45) is 11.8 Å². The minimum atomic E-state index is -0.0679. The average molecular weight is 349 g/mol. The highest BCUT2D eigenvalue weighted by molar-refractivity contribution is 6.34. The third-order valence-electron chi connectivity index (χ3n) is 4.88. The van der Waals surface area contributed by atoms with Crippen molar-refractivity contribution in [2.45, 2.75) is 45.3 Å². The fourth-order valence-corrected chi connectivity index (χ4v) is 3.69. The van der Waals surface area contributed by atoms with Crippen LogP contribution in [0.3, 0.4) is 0 Å². The minimum Gasteiger partial charge on any atom is -0.465 e. The lowest BCUT2D eigenvalue weighted by molar-refractivity contribution is -0.145. The first-order chi connectivity index (χ1) is 11.6. The van der Waals surface area contributed by atoms with Crippen LogP contribution in [-0.2, 0) is 14.3 Å². The smallest absolute Gasteiger partial charge is 0.309 e. The first-order valence-electron chi connectivity index (χ1n) is 8.60. The molecule has 1 aromatic carbocycles. The molecule has 0 spiro atoms. The second-order valence-corrected chi connectivity index (χ2v) is 7.23. The van der Waals surface area contributed by atoms with Gasteiger partial charge in [0, 0.05) is 11.3 Å². The van der Waals surface area contributed by atoms with Crippen molar-refractivity contribution in [2.75, 3.05) is 6.61 Å². The van der Waals surface area contributed by atoms with Crippen molar-refractivity contribution in [1.29, 1.82) is 0 Å². The Morgan fingerprint density at radius 2 is 2.21 bits per heavy atom. The molecule has 4 unspecified atom stereocenters. The summed E-state index contributed by atoms with van der Waals surface area (Å²) in [4.78, 5) is 12.0. The molecule has 2 aromatic rings. The van der Waals surface area contributed by atoms with E-state index >= 15 is 0 Å². The van der Waals surface area contributed by atoms with E-state index in [1.807, 2.05) is 19.1 Å². The molecule has 1 saturated carbocycles. The number of epoxide rings is 1. The molecule has 2 aliphatic rings. The summed E-state index contributed by atoms with van der Waals surface area (Å²) >= 11 is 6.32. The number of hydrogen-bond acceptors (Lipinski definition) is 4. The van der Waals surface area contributed by atoms with E-state index in [-0.39, 0.29) is 30.0 Å². The molecule has 1 saturated heterocycles. The number of carbonyl (C=O) groups excluding carboxylic acids is 1. The summed E-state index contributed by atoms with van der Waals surface area (Å²) in [5.74, 6) is 1.06. The highest BCUT2D eigenvalue weighted by Crippen LogP contribution is 2.56. The molecule has 1 aliphatic carbocycles. The van der Waals surface area contributed by atoms with Gasteiger partial charge in [0.05, 0.1) is 23.7 Å². The molecule has 0 N–H and O–H groups in total. The highest BCUT2D eigenvalue weighted by Gasteiger charge is 2.59. The second kappa shape index (κ2) is 6.08. The van der Waals surface area contributed by atoms with Gasteiger partial charge in [0.2, 0.25) is 0 Å². The molecule has 2 heterocycles. The minimum absolute atomic E-state index is 0.00669. The van der Waals surface area contributed by atoms with E-state index in [9.17, 15) is 4.79 Å². The van der Waals surface area contributed by atoms with Crippen LogP contribution in [0.5, 0.6) is 0 Å². The van der Waals surface area contributed by atoms with E-state index < -0.39 is 0 Å². The molecule has 4 nitrogen and oxygen atoms in total. The van der Waals surface area contributed by atoms with Crippen molar-refractivity contribution in [3.05, 3.63) is 34.5 Å². The Morgan fingerprint density at radius 3 is 3.00 bits per heavy atom. The lowest BCUT2D eigenvalue weighted by atomic mass is 10.0. The molecule has 0 radical (unpaired) electrons. The predicted molar refractivity (Wildman–Crippen MR) is 91.0 cm³/mol. The van der Waals surface area contributed by atoms with Gasteiger partial charge in [-0.1, -0.05) is 24.9 Å². The van der Waals surface area contributed by atoms with E-state index in [0.717, 1.165) is 41.6 Å². The van der Waals surface area contributed by atoms with E-state index in [4.69, 9.17) is 25.5 Å². The SMILES string of the molecule is CCCCOC(=O)C1CC1C1OC1c1cc(Cl)c2oc(C)cc2c1. The fraction of sp³-hybridized carbons (Fsp3) is 0.526. The van der Waals surface area contributed by atoms with Gasteiger partial charge in [0.25, 0.3) is 0 Å². The first-order valence-corrected chi connectivity index (χ1v) is 8.98. The largest absolute Gasteiger partial charge is 0.465 e. The number of furan rings is 1. The zero-order chi connectivity index (χ0) is 16.8. The Morgan fingerprint density at radius 1 is 1.38 bits per heavy atom. The summed E-state index contributed by atoms with van der Waals surface area (Å²) in [6, 6.07) is 5.96. The normalized spacial score (nSPS) is 28.1. The number of hydrogen-bond donors (Lipinski definition) is 0. The van der Waals surface area contributed by atoms with Crippen LogP contribution in [0.4, 0.5) is 0 Å². The van der Waals surface area contributed by atoms with Gasteiger partial charge in [-0.2, -0.15) is 0 Å². The maximum atomic E-state index is 12.0. The van der Waals surface area contributed by atoms with Crippen LogP contribution >= 0.6 is 11.6 Å². The fourth-order valence-electron chi connectivity index (χ4n) is 3.42. The van der Waals surface area contributed by atoms with Crippen LogP contribution in [0.2, 0.25) is 5.02 Å². The van der Waals surface area contributed by atoms with Gasteiger partial charge in [-0.05, 0) is 43.5 Å². The molecular weight excluding hydrogens is 328 g/mol. The van der Waals surface area contributed by atoms with E-state index in [0.29, 0.717) is 11.6 Å². The lowest BCUT2D eigenvalue weighted by Gasteiger charge is -2.02. The van der Waals surface area contributed by atoms with Gasteiger partial charge in [-0.25, -0.2) is 0 Å². The van der Waals surface area contributed by atoms with Crippen LogP contribution in [0.1, 0.15) is 43.6 Å². The maximum absolute atomic E-state index is 12.0. The van der Waals surface area contributed by atoms with E-state index in [1.165, 1.54) is 0 Å². The Kier molecular flexibility index (Phi) is 4.05. The Bertz CT molecular complexity index is 781. The number of halogens is 1. The van der Waals surface area contributed by atoms with Crippen molar-refractivity contribution >= 4 is 28.5 Å². The Hall–Kier alpha value is -1.52. The molecule has 2 fully saturated rings. The molecule has 128 valence electrons. The lowest BCUT2D eigenvalue weighted by Crippen LogP contribution is -2.10. The Balaban J connectivity index is 1.40. The quantitative estimate of drug-likeness (QED) is 0.427. The van der Waals surface area contributed by atoms with Crippen molar-refractivity contribution < 1.29 is 18.7 Å². The molecule has 24 heavy (non-hydrogen) atoms. The van der Waals surface area contributed by atoms with Gasteiger partial charge in [0.15, 0.2) is 5.58 Å². The third kappa shape index (κ3) is 2.93. The van der Waals surface area contributed by atoms with Gasteiger partial charge in [0.1, 0.15) is 11.9 Å². The standard InChI is InChI=1S/C19H21ClO4/c1-3-4-5-22-19(21)14-9-13(14)18-17(24-18)12-7-11-6-10(2)23-16(11)15(20)8-12/h6-8,13-14,17-18H,3-5,9H2,1-2H3. The van der Waals surface area contributed by atoms with Crippen LogP contribution in [0.25, 0.3) is 11.0 Å². The van der Waals surface area contributed by atoms with Gasteiger partial charge in [-0.15, -0.1) is 0 Å². The van der Waals surface area contributed by atoms with Crippen LogP contribution < -0.4 is 0 Å². The molecule has 0 amide bonds. The number of ether oxygens (including phenoxy) is 2. The van der Waals surface area contributed by atoms with Crippen LogP contribution in [0, 0.1) is 18.8 Å². The zero-order valence-corrected chi connectivity index (χ0v) is 14.6. The van der Waals surface area contributed by atoms with Crippen LogP contribution in [-0.4, -0.2) is 18.7 Å². The van der Waals surface area contributed by atoms with E-state index in [1.54, 1.807) is 0 Å². The Labute approximate surface area is 146 Å². The number of carbonyl (C=O) groups is 1. The maximum Gasteiger partial charge on any atom is 0.309 e. The molecule has 5 heteroatoms. The molecule has 0 bridgehead atoms. The third-order valence-corrected chi connectivity index (χ3v) is 5.16. The average Bonchev–Trinajstić information content (AvgIpc) is 3.42.